The lowest BCUT2D eigenvalue weighted by molar-refractivity contribution is 0.116. The average molecular weight is 336 g/mol. The fraction of sp³-hybridized carbons (Fsp3) is 0.500. The maximum absolute atomic E-state index is 9.59. The molecule has 0 unspecified atom stereocenters. The zero-order chi connectivity index (χ0) is 15.5. The number of aliphatic hydroxyl groups is 1. The fourth-order valence-electron chi connectivity index (χ4n) is 3.28. The number of hydrogen-bond donors (Lipinski definition) is 2. The summed E-state index contributed by atoms with van der Waals surface area (Å²) in [6.45, 7) is 5.06. The summed E-state index contributed by atoms with van der Waals surface area (Å²) >= 11 is 0. The normalized spacial score (nSPS) is 21.0. The molecule has 0 radical (unpaired) electrons. The monoisotopic (exact) mass is 335 g/mol. The van der Waals surface area contributed by atoms with Gasteiger partial charge in [0.1, 0.15) is 0 Å². The Labute approximate surface area is 144 Å². The Bertz CT molecular complexity index is 619. The van der Waals surface area contributed by atoms with E-state index in [0.29, 0.717) is 6.04 Å². The van der Waals surface area contributed by atoms with E-state index in [1.807, 2.05) is 22.9 Å². The van der Waals surface area contributed by atoms with Crippen LogP contribution in [0, 0.1) is 13.8 Å². The first-order chi connectivity index (χ1) is 10.6. The van der Waals surface area contributed by atoms with Crippen LogP contribution in [0.3, 0.4) is 0 Å². The van der Waals surface area contributed by atoms with Crippen LogP contribution in [-0.2, 0) is 6.54 Å². The van der Waals surface area contributed by atoms with Crippen LogP contribution in [0.5, 0.6) is 0 Å². The highest BCUT2D eigenvalue weighted by molar-refractivity contribution is 5.85. The van der Waals surface area contributed by atoms with Crippen molar-refractivity contribution in [1.82, 2.24) is 15.1 Å². The third-order valence-electron chi connectivity index (χ3n) is 4.71. The van der Waals surface area contributed by atoms with E-state index in [0.717, 1.165) is 43.6 Å². The number of aliphatic hydroxyl groups excluding tert-OH is 1. The highest BCUT2D eigenvalue weighted by Crippen LogP contribution is 2.21. The molecule has 3 rings (SSSR count). The topological polar surface area (TPSA) is 50.1 Å². The molecule has 1 aliphatic carbocycles. The van der Waals surface area contributed by atoms with Gasteiger partial charge < -0.3 is 10.4 Å². The Morgan fingerprint density at radius 1 is 1.13 bits per heavy atom. The Hall–Kier alpha value is -1.36. The van der Waals surface area contributed by atoms with Gasteiger partial charge in [-0.2, -0.15) is 5.10 Å². The molecule has 23 heavy (non-hydrogen) atoms. The molecule has 0 atom stereocenters. The lowest BCUT2D eigenvalue weighted by Crippen LogP contribution is -2.34. The van der Waals surface area contributed by atoms with Gasteiger partial charge in [0, 0.05) is 23.8 Å². The number of nitrogens with zero attached hydrogens (tertiary/aromatic N) is 2. The minimum absolute atomic E-state index is 0. The number of para-hydroxylation sites is 1. The molecule has 0 saturated heterocycles. The fourth-order valence-corrected chi connectivity index (χ4v) is 3.28. The molecule has 2 N–H and O–H groups in total. The van der Waals surface area contributed by atoms with Gasteiger partial charge in [0.15, 0.2) is 0 Å². The third kappa shape index (κ3) is 4.14. The van der Waals surface area contributed by atoms with Crippen molar-refractivity contribution < 1.29 is 5.11 Å². The van der Waals surface area contributed by atoms with Gasteiger partial charge >= 0.3 is 0 Å². The van der Waals surface area contributed by atoms with Crippen molar-refractivity contribution >= 4 is 12.4 Å². The first kappa shape index (κ1) is 18.0. The van der Waals surface area contributed by atoms with Gasteiger partial charge in [0.05, 0.1) is 17.5 Å². The summed E-state index contributed by atoms with van der Waals surface area (Å²) in [7, 11) is 0. The van der Waals surface area contributed by atoms with Gasteiger partial charge in [-0.05, 0) is 51.7 Å². The number of benzene rings is 1. The van der Waals surface area contributed by atoms with Crippen LogP contribution in [-0.4, -0.2) is 27.0 Å². The van der Waals surface area contributed by atoms with Crippen molar-refractivity contribution in [2.75, 3.05) is 0 Å². The first-order valence-corrected chi connectivity index (χ1v) is 8.17. The molecule has 1 aromatic carbocycles. The number of halogens is 1. The summed E-state index contributed by atoms with van der Waals surface area (Å²) in [5.41, 5.74) is 4.68. The number of rotatable bonds is 4. The molecule has 1 aromatic heterocycles. The summed E-state index contributed by atoms with van der Waals surface area (Å²) in [6.07, 6.45) is 3.86. The molecule has 0 amide bonds. The van der Waals surface area contributed by atoms with Crippen molar-refractivity contribution in [3.8, 4) is 5.69 Å². The summed E-state index contributed by atoms with van der Waals surface area (Å²) in [5.74, 6) is 0. The molecule has 0 bridgehead atoms. The highest BCUT2D eigenvalue weighted by atomic mass is 35.5. The Morgan fingerprint density at radius 3 is 2.43 bits per heavy atom. The second-order valence-corrected chi connectivity index (χ2v) is 6.28. The van der Waals surface area contributed by atoms with Crippen molar-refractivity contribution in [2.45, 2.75) is 58.2 Å². The standard InChI is InChI=1S/C18H25N3O.ClH/c1-13-18(12-19-15-8-10-17(22)11-9-15)14(2)21(20-13)16-6-4-3-5-7-16;/h3-7,15,17,19,22H,8-12H2,1-2H3;1H. The first-order valence-electron chi connectivity index (χ1n) is 8.17. The van der Waals surface area contributed by atoms with E-state index in [9.17, 15) is 5.11 Å². The van der Waals surface area contributed by atoms with Crippen LogP contribution in [0.15, 0.2) is 30.3 Å². The minimum atomic E-state index is -0.0950. The zero-order valence-corrected chi connectivity index (χ0v) is 14.6. The molecular formula is C18H26ClN3O. The van der Waals surface area contributed by atoms with E-state index in [1.165, 1.54) is 11.3 Å². The summed E-state index contributed by atoms with van der Waals surface area (Å²) in [4.78, 5) is 0. The van der Waals surface area contributed by atoms with Crippen LogP contribution in [0.4, 0.5) is 0 Å². The Balaban J connectivity index is 0.00000192. The predicted octanol–water partition coefficient (Wildman–Crippen LogP) is 3.30. The van der Waals surface area contributed by atoms with E-state index >= 15 is 0 Å². The largest absolute Gasteiger partial charge is 0.393 e. The van der Waals surface area contributed by atoms with Crippen molar-refractivity contribution in [1.29, 1.82) is 0 Å². The molecular weight excluding hydrogens is 310 g/mol. The van der Waals surface area contributed by atoms with E-state index in [4.69, 9.17) is 5.10 Å². The second kappa shape index (κ2) is 7.95. The quantitative estimate of drug-likeness (QED) is 0.901. The summed E-state index contributed by atoms with van der Waals surface area (Å²) < 4.78 is 2.02. The highest BCUT2D eigenvalue weighted by Gasteiger charge is 2.20. The Morgan fingerprint density at radius 2 is 1.78 bits per heavy atom. The maximum atomic E-state index is 9.59. The molecule has 0 spiro atoms. The van der Waals surface area contributed by atoms with Crippen LogP contribution in [0.25, 0.3) is 5.69 Å². The molecule has 1 aliphatic rings. The van der Waals surface area contributed by atoms with E-state index in [1.54, 1.807) is 0 Å². The summed E-state index contributed by atoms with van der Waals surface area (Å²) in [5, 5.41) is 17.9. The molecule has 0 aliphatic heterocycles. The van der Waals surface area contributed by atoms with Gasteiger partial charge in [-0.1, -0.05) is 18.2 Å². The van der Waals surface area contributed by atoms with Crippen molar-refractivity contribution in [2.24, 2.45) is 0 Å². The SMILES string of the molecule is Cc1nn(-c2ccccc2)c(C)c1CNC1CCC(O)CC1.Cl. The molecule has 4 nitrogen and oxygen atoms in total. The van der Waals surface area contributed by atoms with Crippen LogP contribution < -0.4 is 5.32 Å². The van der Waals surface area contributed by atoms with Gasteiger partial charge in [0.2, 0.25) is 0 Å². The second-order valence-electron chi connectivity index (χ2n) is 6.28. The molecule has 1 saturated carbocycles. The lowest BCUT2D eigenvalue weighted by Gasteiger charge is -2.26. The van der Waals surface area contributed by atoms with Crippen LogP contribution in [0.1, 0.15) is 42.6 Å². The lowest BCUT2D eigenvalue weighted by atomic mass is 9.93. The number of aryl methyl sites for hydroxylation is 1. The molecule has 5 heteroatoms. The van der Waals surface area contributed by atoms with Gasteiger partial charge in [-0.3, -0.25) is 0 Å². The third-order valence-corrected chi connectivity index (χ3v) is 4.71. The zero-order valence-electron chi connectivity index (χ0n) is 13.8. The number of aromatic nitrogens is 2. The van der Waals surface area contributed by atoms with Crippen LogP contribution in [0.2, 0.25) is 0 Å². The van der Waals surface area contributed by atoms with Gasteiger partial charge in [-0.15, -0.1) is 12.4 Å². The van der Waals surface area contributed by atoms with Crippen LogP contribution >= 0.6 is 12.4 Å². The average Bonchev–Trinajstić information content (AvgIpc) is 2.82. The summed E-state index contributed by atoms with van der Waals surface area (Å²) in [6, 6.07) is 10.8. The maximum Gasteiger partial charge on any atom is 0.0648 e. The van der Waals surface area contributed by atoms with Gasteiger partial charge in [0.25, 0.3) is 0 Å². The molecule has 1 heterocycles. The van der Waals surface area contributed by atoms with E-state index < -0.39 is 0 Å². The minimum Gasteiger partial charge on any atom is -0.393 e. The molecule has 126 valence electrons. The van der Waals surface area contributed by atoms with E-state index in [-0.39, 0.29) is 18.5 Å². The number of hydrogen-bond acceptors (Lipinski definition) is 3. The van der Waals surface area contributed by atoms with Gasteiger partial charge in [-0.25, -0.2) is 4.68 Å². The predicted molar refractivity (Wildman–Crippen MR) is 95.4 cm³/mol. The van der Waals surface area contributed by atoms with Crippen molar-refractivity contribution in [3.05, 3.63) is 47.3 Å². The Kier molecular flexibility index (Phi) is 6.22. The smallest absolute Gasteiger partial charge is 0.0648 e. The van der Waals surface area contributed by atoms with Crippen molar-refractivity contribution in [3.63, 3.8) is 0 Å². The molecule has 1 fully saturated rings. The number of nitrogens with one attached hydrogen (secondary N) is 1. The molecule has 2 aromatic rings. The van der Waals surface area contributed by atoms with E-state index in [2.05, 4.69) is 31.3 Å².